The molecule has 0 atom stereocenters. The topological polar surface area (TPSA) is 73.2 Å². The summed E-state index contributed by atoms with van der Waals surface area (Å²) in [5.41, 5.74) is -0.539. The van der Waals surface area contributed by atoms with E-state index in [1.54, 1.807) is 17.9 Å². The number of nitrogens with one attached hydrogen (secondary N) is 1. The zero-order valence-electron chi connectivity index (χ0n) is 14.6. The van der Waals surface area contributed by atoms with Crippen LogP contribution in [0.25, 0.3) is 0 Å². The van der Waals surface area contributed by atoms with E-state index in [9.17, 15) is 9.59 Å². The van der Waals surface area contributed by atoms with Gasteiger partial charge in [0.1, 0.15) is 0 Å². The van der Waals surface area contributed by atoms with E-state index < -0.39 is 11.2 Å². The molecular formula is C18H27N3O3. The van der Waals surface area contributed by atoms with Gasteiger partial charge in [0, 0.05) is 19.3 Å². The van der Waals surface area contributed by atoms with E-state index in [2.05, 4.69) is 10.4 Å². The number of carbonyl (C=O) groups is 1. The molecule has 0 aromatic carbocycles. The number of ketones is 1. The summed E-state index contributed by atoms with van der Waals surface area (Å²) in [4.78, 5) is 24.6. The van der Waals surface area contributed by atoms with Crippen molar-refractivity contribution in [3.05, 3.63) is 34.4 Å². The quantitative estimate of drug-likeness (QED) is 0.662. The Morgan fingerprint density at radius 3 is 2.46 bits per heavy atom. The molecule has 0 aliphatic heterocycles. The molecule has 0 unspecified atom stereocenters. The molecule has 0 bridgehead atoms. The van der Waals surface area contributed by atoms with E-state index in [-0.39, 0.29) is 17.5 Å². The molecule has 1 saturated carbocycles. The lowest BCUT2D eigenvalue weighted by atomic mass is 10.1. The van der Waals surface area contributed by atoms with E-state index in [0.29, 0.717) is 0 Å². The summed E-state index contributed by atoms with van der Waals surface area (Å²) in [6.45, 7) is 0. The highest BCUT2D eigenvalue weighted by Gasteiger charge is 2.20. The predicted molar refractivity (Wildman–Crippen MR) is 93.6 cm³/mol. The molecule has 0 saturated heterocycles. The van der Waals surface area contributed by atoms with E-state index in [0.717, 1.165) is 25.7 Å². The minimum Gasteiger partial charge on any atom is -0.491 e. The second kappa shape index (κ2) is 9.25. The Morgan fingerprint density at radius 2 is 1.88 bits per heavy atom. The maximum absolute atomic E-state index is 12.3. The third kappa shape index (κ3) is 4.69. The largest absolute Gasteiger partial charge is 0.491 e. The number of hydrogen-bond donors (Lipinski definition) is 1. The van der Waals surface area contributed by atoms with E-state index in [4.69, 9.17) is 4.74 Å². The van der Waals surface area contributed by atoms with Gasteiger partial charge in [-0.3, -0.25) is 14.3 Å². The molecule has 1 aromatic rings. The van der Waals surface area contributed by atoms with Crippen LogP contribution in [0.15, 0.2) is 23.3 Å². The van der Waals surface area contributed by atoms with Gasteiger partial charge >= 0.3 is 0 Å². The monoisotopic (exact) mass is 333 g/mol. The van der Waals surface area contributed by atoms with Crippen molar-refractivity contribution in [2.45, 2.75) is 57.4 Å². The van der Waals surface area contributed by atoms with Crippen LogP contribution in [0, 0.1) is 0 Å². The summed E-state index contributed by atoms with van der Waals surface area (Å²) < 4.78 is 6.96. The third-order valence-corrected chi connectivity index (χ3v) is 4.46. The van der Waals surface area contributed by atoms with Crippen LogP contribution in [0.3, 0.4) is 0 Å². The highest BCUT2D eigenvalue weighted by Crippen LogP contribution is 2.25. The van der Waals surface area contributed by atoms with Gasteiger partial charge in [0.2, 0.25) is 5.78 Å². The molecule has 6 heteroatoms. The number of methoxy groups -OCH3 is 1. The maximum atomic E-state index is 12.3. The maximum Gasteiger partial charge on any atom is 0.253 e. The van der Waals surface area contributed by atoms with Crippen molar-refractivity contribution >= 4 is 5.78 Å². The first-order valence-electron chi connectivity index (χ1n) is 8.73. The van der Waals surface area contributed by atoms with Gasteiger partial charge in [-0.1, -0.05) is 38.5 Å². The van der Waals surface area contributed by atoms with Gasteiger partial charge in [-0.05, 0) is 12.8 Å². The van der Waals surface area contributed by atoms with E-state index in [1.165, 1.54) is 45.1 Å². The molecular weight excluding hydrogens is 306 g/mol. The standard InChI is InChI=1S/C18H27N3O3/c1-19-12-11-15(22)17-18(23)16(24-2)13-21(20-17)14-9-7-5-3-4-6-8-10-14/h11-14,19H,3-10H2,1-2H3/b12-11+. The lowest BCUT2D eigenvalue weighted by Gasteiger charge is -2.20. The third-order valence-electron chi connectivity index (χ3n) is 4.46. The highest BCUT2D eigenvalue weighted by atomic mass is 16.5. The van der Waals surface area contributed by atoms with Crippen molar-refractivity contribution in [1.29, 1.82) is 0 Å². The number of hydrogen-bond acceptors (Lipinski definition) is 5. The van der Waals surface area contributed by atoms with Crippen LogP contribution in [-0.4, -0.2) is 29.7 Å². The molecule has 1 fully saturated rings. The molecule has 2 rings (SSSR count). The van der Waals surface area contributed by atoms with Gasteiger partial charge < -0.3 is 10.1 Å². The summed E-state index contributed by atoms with van der Waals surface area (Å²) in [7, 11) is 3.14. The van der Waals surface area contributed by atoms with Gasteiger partial charge in [0.15, 0.2) is 11.4 Å². The number of rotatable bonds is 5. The van der Waals surface area contributed by atoms with Gasteiger partial charge in [-0.25, -0.2) is 0 Å². The lowest BCUT2D eigenvalue weighted by Crippen LogP contribution is -2.25. The van der Waals surface area contributed by atoms with Crippen molar-refractivity contribution in [3.8, 4) is 5.75 Å². The Hall–Kier alpha value is -2.11. The Kier molecular flexibility index (Phi) is 7.03. The zero-order valence-corrected chi connectivity index (χ0v) is 14.6. The second-order valence-corrected chi connectivity index (χ2v) is 6.19. The molecule has 0 spiro atoms. The summed E-state index contributed by atoms with van der Waals surface area (Å²) in [5.74, 6) is -0.240. The Labute approximate surface area is 142 Å². The van der Waals surface area contributed by atoms with Crippen LogP contribution in [-0.2, 0) is 0 Å². The van der Waals surface area contributed by atoms with Crippen LogP contribution in [0.5, 0.6) is 5.75 Å². The van der Waals surface area contributed by atoms with Crippen LogP contribution in [0.2, 0.25) is 0 Å². The van der Waals surface area contributed by atoms with Gasteiger partial charge in [0.25, 0.3) is 5.43 Å². The summed E-state index contributed by atoms with van der Waals surface area (Å²) in [6, 6.07) is 0.206. The minimum absolute atomic E-state index is 0.0827. The molecule has 1 aliphatic rings. The molecule has 1 aliphatic carbocycles. The summed E-state index contributed by atoms with van der Waals surface area (Å²) in [5, 5.41) is 7.10. The Balaban J connectivity index is 2.36. The number of nitrogens with zero attached hydrogens (tertiary/aromatic N) is 2. The molecule has 132 valence electrons. The molecule has 1 heterocycles. The SMILES string of the molecule is CN/C=C/C(=O)c1nn(C2CCCCCCCC2)cc(OC)c1=O. The van der Waals surface area contributed by atoms with Gasteiger partial charge in [-0.2, -0.15) is 5.10 Å². The van der Waals surface area contributed by atoms with Gasteiger partial charge in [-0.15, -0.1) is 0 Å². The van der Waals surface area contributed by atoms with Crippen LogP contribution < -0.4 is 15.5 Å². The molecule has 6 nitrogen and oxygen atoms in total. The van der Waals surface area contributed by atoms with E-state index >= 15 is 0 Å². The summed E-state index contributed by atoms with van der Waals surface area (Å²) in [6.07, 6.45) is 13.8. The van der Waals surface area contributed by atoms with Crippen molar-refractivity contribution in [2.24, 2.45) is 0 Å². The second-order valence-electron chi connectivity index (χ2n) is 6.19. The van der Waals surface area contributed by atoms with Gasteiger partial charge in [0.05, 0.1) is 19.3 Å². The van der Waals surface area contributed by atoms with Crippen LogP contribution in [0.4, 0.5) is 0 Å². The summed E-state index contributed by atoms with van der Waals surface area (Å²) >= 11 is 0. The average molecular weight is 333 g/mol. The van der Waals surface area contributed by atoms with Crippen molar-refractivity contribution in [1.82, 2.24) is 15.1 Å². The minimum atomic E-state index is -0.456. The zero-order chi connectivity index (χ0) is 17.4. The van der Waals surface area contributed by atoms with Crippen LogP contribution in [0.1, 0.15) is 67.9 Å². The number of carbonyl (C=O) groups excluding carboxylic acids is 1. The first kappa shape index (κ1) is 18.2. The van der Waals surface area contributed by atoms with Crippen LogP contribution >= 0.6 is 0 Å². The molecule has 0 amide bonds. The molecule has 24 heavy (non-hydrogen) atoms. The lowest BCUT2D eigenvalue weighted by molar-refractivity contribution is 0.103. The highest BCUT2D eigenvalue weighted by molar-refractivity contribution is 6.02. The Bertz CT molecular complexity index is 627. The average Bonchev–Trinajstić information content (AvgIpc) is 2.73. The molecule has 1 N–H and O–H groups in total. The number of ether oxygens (including phenoxy) is 1. The number of allylic oxidation sites excluding steroid dienone is 1. The Morgan fingerprint density at radius 1 is 1.25 bits per heavy atom. The predicted octanol–water partition coefficient (Wildman–Crippen LogP) is 2.84. The fraction of sp³-hybridized carbons (Fsp3) is 0.611. The van der Waals surface area contributed by atoms with Crippen molar-refractivity contribution in [3.63, 3.8) is 0 Å². The first-order chi connectivity index (χ1) is 11.7. The first-order valence-corrected chi connectivity index (χ1v) is 8.73. The fourth-order valence-corrected chi connectivity index (χ4v) is 3.09. The fourth-order valence-electron chi connectivity index (χ4n) is 3.09. The van der Waals surface area contributed by atoms with E-state index in [1.807, 2.05) is 0 Å². The normalized spacial score (nSPS) is 17.1. The smallest absolute Gasteiger partial charge is 0.253 e. The van der Waals surface area contributed by atoms with Crippen molar-refractivity contribution in [2.75, 3.05) is 14.2 Å². The number of aromatic nitrogens is 2. The molecule has 0 radical (unpaired) electrons. The van der Waals surface area contributed by atoms with Crippen molar-refractivity contribution < 1.29 is 9.53 Å². The molecule has 1 aromatic heterocycles.